The molecule has 0 amide bonds. The van der Waals surface area contributed by atoms with Crippen LogP contribution in [0.1, 0.15) is 40.5 Å². The van der Waals surface area contributed by atoms with Crippen molar-refractivity contribution in [3.8, 4) is 0 Å². The standard InChI is InChI=1S/C22H32O4/c1-11(2)9-25-21(23)19-15-8-16(20(19)22(24)26-10-12(3)4)18-14-6-5-13(7-14)17(15)18/h5-6,11-20H,7-10H2,1-4H3. The molecule has 4 aliphatic carbocycles. The topological polar surface area (TPSA) is 52.6 Å². The fourth-order valence-corrected chi connectivity index (χ4v) is 6.37. The first-order chi connectivity index (χ1) is 12.4. The molecule has 0 N–H and O–H groups in total. The first-order valence-corrected chi connectivity index (χ1v) is 10.4. The van der Waals surface area contributed by atoms with Gasteiger partial charge in [-0.05, 0) is 60.2 Å². The molecule has 0 aromatic heterocycles. The van der Waals surface area contributed by atoms with Crippen molar-refractivity contribution in [3.63, 3.8) is 0 Å². The van der Waals surface area contributed by atoms with E-state index in [4.69, 9.17) is 9.47 Å². The number of hydrogen-bond acceptors (Lipinski definition) is 4. The van der Waals surface area contributed by atoms with E-state index in [0.717, 1.165) is 6.42 Å². The van der Waals surface area contributed by atoms with Crippen molar-refractivity contribution in [2.75, 3.05) is 13.2 Å². The lowest BCUT2D eigenvalue weighted by Crippen LogP contribution is -2.45. The molecule has 4 bridgehead atoms. The van der Waals surface area contributed by atoms with Gasteiger partial charge >= 0.3 is 11.9 Å². The first-order valence-electron chi connectivity index (χ1n) is 10.4. The third kappa shape index (κ3) is 2.80. The van der Waals surface area contributed by atoms with Gasteiger partial charge in [0.25, 0.3) is 0 Å². The van der Waals surface area contributed by atoms with Crippen LogP contribution in [0.4, 0.5) is 0 Å². The largest absolute Gasteiger partial charge is 0.465 e. The summed E-state index contributed by atoms with van der Waals surface area (Å²) in [6, 6.07) is 0. The van der Waals surface area contributed by atoms with Gasteiger partial charge in [0.05, 0.1) is 25.0 Å². The molecule has 0 heterocycles. The Kier molecular flexibility index (Phi) is 4.65. The van der Waals surface area contributed by atoms with Crippen LogP contribution >= 0.6 is 0 Å². The number of carbonyl (C=O) groups excluding carboxylic acids is 2. The fourth-order valence-electron chi connectivity index (χ4n) is 6.37. The van der Waals surface area contributed by atoms with E-state index < -0.39 is 0 Å². The second-order valence-electron chi connectivity index (χ2n) is 9.77. The Bertz CT molecular complexity index is 557. The lowest BCUT2D eigenvalue weighted by atomic mass is 9.65. The van der Waals surface area contributed by atoms with Gasteiger partial charge < -0.3 is 9.47 Å². The SMILES string of the molecule is CC(C)COC(=O)C1C2CC(C1C(=O)OCC(C)C)C1C3C=CC(C3)C21. The molecular formula is C22H32O4. The summed E-state index contributed by atoms with van der Waals surface area (Å²) in [5.74, 6) is 2.62. The highest BCUT2D eigenvalue weighted by Crippen LogP contribution is 2.69. The van der Waals surface area contributed by atoms with Crippen LogP contribution in [0.25, 0.3) is 0 Å². The average Bonchev–Trinajstić information content (AvgIpc) is 3.34. The Labute approximate surface area is 156 Å². The van der Waals surface area contributed by atoms with Crippen molar-refractivity contribution in [2.24, 2.45) is 59.2 Å². The maximum Gasteiger partial charge on any atom is 0.310 e. The van der Waals surface area contributed by atoms with E-state index >= 15 is 0 Å². The highest BCUT2D eigenvalue weighted by Gasteiger charge is 2.68. The number of hydrogen-bond donors (Lipinski definition) is 0. The predicted molar refractivity (Wildman–Crippen MR) is 97.9 cm³/mol. The minimum atomic E-state index is -0.299. The van der Waals surface area contributed by atoms with Crippen molar-refractivity contribution in [2.45, 2.75) is 40.5 Å². The van der Waals surface area contributed by atoms with Crippen LogP contribution in [0.3, 0.4) is 0 Å². The number of allylic oxidation sites excluding steroid dienone is 2. The van der Waals surface area contributed by atoms with Crippen molar-refractivity contribution in [1.29, 1.82) is 0 Å². The molecule has 8 atom stereocenters. The van der Waals surface area contributed by atoms with E-state index in [1.807, 2.05) is 27.7 Å². The average molecular weight is 360 g/mol. The second-order valence-corrected chi connectivity index (χ2v) is 9.77. The van der Waals surface area contributed by atoms with Crippen LogP contribution in [0.15, 0.2) is 12.2 Å². The highest BCUT2D eigenvalue weighted by molar-refractivity contribution is 5.84. The molecule has 0 aliphatic heterocycles. The van der Waals surface area contributed by atoms with E-state index in [0.29, 0.717) is 60.6 Å². The van der Waals surface area contributed by atoms with E-state index in [1.54, 1.807) is 0 Å². The molecule has 0 radical (unpaired) electrons. The van der Waals surface area contributed by atoms with Gasteiger partial charge in [-0.25, -0.2) is 0 Å². The van der Waals surface area contributed by atoms with Crippen molar-refractivity contribution in [1.82, 2.24) is 0 Å². The summed E-state index contributed by atoms with van der Waals surface area (Å²) >= 11 is 0. The summed E-state index contributed by atoms with van der Waals surface area (Å²) in [7, 11) is 0. The van der Waals surface area contributed by atoms with E-state index in [-0.39, 0.29) is 23.8 Å². The molecule has 4 aliphatic rings. The summed E-state index contributed by atoms with van der Waals surface area (Å²) in [4.78, 5) is 25.9. The third-order valence-corrected chi connectivity index (χ3v) is 7.09. The molecule has 3 fully saturated rings. The van der Waals surface area contributed by atoms with Gasteiger partial charge in [-0.3, -0.25) is 9.59 Å². The molecule has 0 aromatic carbocycles. The van der Waals surface area contributed by atoms with Crippen LogP contribution in [-0.4, -0.2) is 25.2 Å². The van der Waals surface area contributed by atoms with Crippen LogP contribution in [0, 0.1) is 59.2 Å². The number of rotatable bonds is 6. The third-order valence-electron chi connectivity index (χ3n) is 7.09. The lowest BCUT2D eigenvalue weighted by molar-refractivity contribution is -0.167. The Morgan fingerprint density at radius 3 is 1.62 bits per heavy atom. The summed E-state index contributed by atoms with van der Waals surface area (Å²) in [6.45, 7) is 9.03. The van der Waals surface area contributed by atoms with Gasteiger partial charge in [0.15, 0.2) is 0 Å². The summed E-state index contributed by atoms with van der Waals surface area (Å²) in [5.41, 5.74) is 0. The molecule has 3 saturated carbocycles. The lowest BCUT2D eigenvalue weighted by Gasteiger charge is -2.39. The number of fused-ring (bicyclic) bond motifs is 9. The molecule has 4 rings (SSSR count). The predicted octanol–water partition coefficient (Wildman–Crippen LogP) is 3.71. The zero-order valence-electron chi connectivity index (χ0n) is 16.4. The van der Waals surface area contributed by atoms with Crippen LogP contribution in [0.5, 0.6) is 0 Å². The highest BCUT2D eigenvalue weighted by atomic mass is 16.5. The monoisotopic (exact) mass is 360 g/mol. The Morgan fingerprint density at radius 2 is 1.23 bits per heavy atom. The molecule has 0 aromatic rings. The molecule has 144 valence electrons. The van der Waals surface area contributed by atoms with Crippen LogP contribution in [0.2, 0.25) is 0 Å². The van der Waals surface area contributed by atoms with E-state index in [2.05, 4.69) is 12.2 Å². The van der Waals surface area contributed by atoms with Gasteiger partial charge in [-0.1, -0.05) is 39.8 Å². The van der Waals surface area contributed by atoms with Crippen molar-refractivity contribution >= 4 is 11.9 Å². The maximum atomic E-state index is 12.9. The first kappa shape index (κ1) is 18.1. The van der Waals surface area contributed by atoms with Gasteiger partial charge in [0, 0.05) is 0 Å². The number of esters is 2. The Morgan fingerprint density at radius 1 is 0.808 bits per heavy atom. The molecule has 0 saturated heterocycles. The zero-order chi connectivity index (χ0) is 18.6. The summed E-state index contributed by atoms with van der Waals surface area (Å²) < 4.78 is 11.2. The van der Waals surface area contributed by atoms with E-state index in [9.17, 15) is 9.59 Å². The Balaban J connectivity index is 1.56. The van der Waals surface area contributed by atoms with Gasteiger partial charge in [0.1, 0.15) is 0 Å². The quantitative estimate of drug-likeness (QED) is 0.412. The fraction of sp³-hybridized carbons (Fsp3) is 0.818. The van der Waals surface area contributed by atoms with Gasteiger partial charge in [0.2, 0.25) is 0 Å². The summed E-state index contributed by atoms with van der Waals surface area (Å²) in [5, 5.41) is 0. The molecule has 4 heteroatoms. The van der Waals surface area contributed by atoms with Gasteiger partial charge in [-0.2, -0.15) is 0 Å². The van der Waals surface area contributed by atoms with Crippen molar-refractivity contribution < 1.29 is 19.1 Å². The summed E-state index contributed by atoms with van der Waals surface area (Å²) in [6.07, 6.45) is 6.92. The number of carbonyl (C=O) groups is 2. The molecule has 0 spiro atoms. The molecule has 4 nitrogen and oxygen atoms in total. The minimum Gasteiger partial charge on any atom is -0.465 e. The van der Waals surface area contributed by atoms with Crippen LogP contribution < -0.4 is 0 Å². The van der Waals surface area contributed by atoms with E-state index in [1.165, 1.54) is 6.42 Å². The zero-order valence-corrected chi connectivity index (χ0v) is 16.4. The second kappa shape index (κ2) is 6.69. The van der Waals surface area contributed by atoms with Gasteiger partial charge in [-0.15, -0.1) is 0 Å². The van der Waals surface area contributed by atoms with Crippen molar-refractivity contribution in [3.05, 3.63) is 12.2 Å². The molecular weight excluding hydrogens is 328 g/mol. The van der Waals surface area contributed by atoms with Crippen LogP contribution in [-0.2, 0) is 19.1 Å². The minimum absolute atomic E-state index is 0.164. The normalized spacial score (nSPS) is 41.9. The molecule has 8 unspecified atom stereocenters. The molecule has 26 heavy (non-hydrogen) atoms. The Hall–Kier alpha value is -1.32. The maximum absolute atomic E-state index is 12.9. The smallest absolute Gasteiger partial charge is 0.310 e. The number of ether oxygens (including phenoxy) is 2.